The van der Waals surface area contributed by atoms with Crippen LogP contribution in [0.1, 0.15) is 105 Å². The first kappa shape index (κ1) is 48.5. The highest BCUT2D eigenvalue weighted by molar-refractivity contribution is 5.95. The minimum atomic E-state index is -1.11. The lowest BCUT2D eigenvalue weighted by Gasteiger charge is -2.32. The third-order valence-corrected chi connectivity index (χ3v) is 10.1. The highest BCUT2D eigenvalue weighted by Crippen LogP contribution is 2.45. The molecule has 2 aromatic carbocycles. The summed E-state index contributed by atoms with van der Waals surface area (Å²) in [7, 11) is 0. The Hall–Kier alpha value is -5.18. The Labute approximate surface area is 361 Å². The number of carbonyl (C=O) groups excluding carboxylic acids is 6. The molecular weight excluding hydrogens is 781 g/mol. The molecule has 1 saturated heterocycles. The van der Waals surface area contributed by atoms with Crippen molar-refractivity contribution in [2.45, 2.75) is 135 Å². The van der Waals surface area contributed by atoms with E-state index in [4.69, 9.17) is 14.2 Å². The van der Waals surface area contributed by atoms with Crippen molar-refractivity contribution in [1.29, 1.82) is 0 Å². The zero-order chi connectivity index (χ0) is 44.7. The van der Waals surface area contributed by atoms with E-state index in [9.17, 15) is 28.8 Å². The van der Waals surface area contributed by atoms with Crippen LogP contribution in [0.25, 0.3) is 0 Å². The first-order chi connectivity index (χ1) is 28.8. The molecule has 0 aromatic heterocycles. The quantitative estimate of drug-likeness (QED) is 0.140. The van der Waals surface area contributed by atoms with Gasteiger partial charge in [0.05, 0.1) is 13.2 Å². The zero-order valence-electron chi connectivity index (χ0n) is 37.3. The molecule has 1 aliphatic heterocycles. The van der Waals surface area contributed by atoms with Crippen LogP contribution in [0.4, 0.5) is 9.59 Å². The van der Waals surface area contributed by atoms with Gasteiger partial charge < -0.3 is 40.4 Å². The topological polar surface area (TPSA) is 185 Å². The fourth-order valence-electron chi connectivity index (χ4n) is 7.16. The Morgan fingerprint density at radius 1 is 0.770 bits per heavy atom. The maximum absolute atomic E-state index is 14.3. The van der Waals surface area contributed by atoms with Crippen LogP contribution in [0.5, 0.6) is 0 Å². The summed E-state index contributed by atoms with van der Waals surface area (Å²) >= 11 is 0. The molecule has 6 amide bonds. The first-order valence-electron chi connectivity index (χ1n) is 21.6. The van der Waals surface area contributed by atoms with Gasteiger partial charge in [0, 0.05) is 38.0 Å². The van der Waals surface area contributed by atoms with Crippen LogP contribution in [-0.4, -0.2) is 120 Å². The fourth-order valence-corrected chi connectivity index (χ4v) is 7.16. The summed E-state index contributed by atoms with van der Waals surface area (Å²) < 4.78 is 16.5. The molecule has 2 fully saturated rings. The van der Waals surface area contributed by atoms with E-state index in [2.05, 4.69) is 21.3 Å². The van der Waals surface area contributed by atoms with Crippen molar-refractivity contribution in [1.82, 2.24) is 31.1 Å². The minimum Gasteiger partial charge on any atom is -0.444 e. The third kappa shape index (κ3) is 17.0. The first-order valence-corrected chi connectivity index (χ1v) is 21.6. The lowest BCUT2D eigenvalue weighted by molar-refractivity contribution is -0.141. The SMILES string of the molecule is CC(C)C[C@@H](NC(=O)[C@@H](Cc1ccccc1)NC(=O)CN(C(=O)OC(C)(C)C)C1C[C@@H]1c1ccccc1)C(=O)N[C@H](CCCCNC(=O)OC(C)(C)C)C(=O)N1CCOCC1. The van der Waals surface area contributed by atoms with Crippen molar-refractivity contribution in [3.8, 4) is 0 Å². The van der Waals surface area contributed by atoms with Crippen molar-refractivity contribution < 1.29 is 43.0 Å². The summed E-state index contributed by atoms with van der Waals surface area (Å²) in [5.41, 5.74) is 0.405. The van der Waals surface area contributed by atoms with E-state index in [1.165, 1.54) is 4.90 Å². The van der Waals surface area contributed by atoms with Gasteiger partial charge in [0.25, 0.3) is 0 Å². The second kappa shape index (κ2) is 22.6. The van der Waals surface area contributed by atoms with E-state index >= 15 is 0 Å². The predicted molar refractivity (Wildman–Crippen MR) is 231 cm³/mol. The molecule has 61 heavy (non-hydrogen) atoms. The molecule has 15 heteroatoms. The number of nitrogens with one attached hydrogen (secondary N) is 4. The number of benzene rings is 2. The molecular formula is C46H68N6O9. The summed E-state index contributed by atoms with van der Waals surface area (Å²) in [6.07, 6.45) is 1.23. The highest BCUT2D eigenvalue weighted by Gasteiger charge is 2.47. The molecule has 15 nitrogen and oxygen atoms in total. The van der Waals surface area contributed by atoms with Gasteiger partial charge in [0.2, 0.25) is 23.6 Å². The van der Waals surface area contributed by atoms with Crippen LogP contribution < -0.4 is 21.3 Å². The number of hydrogen-bond donors (Lipinski definition) is 4. The second-order valence-electron chi connectivity index (χ2n) is 18.4. The summed E-state index contributed by atoms with van der Waals surface area (Å²) in [4.78, 5) is 85.0. The fraction of sp³-hybridized carbons (Fsp3) is 0.609. The molecule has 4 rings (SSSR count). The van der Waals surface area contributed by atoms with Crippen molar-refractivity contribution in [3.63, 3.8) is 0 Å². The number of morpholine rings is 1. The molecule has 0 spiro atoms. The molecule has 1 heterocycles. The highest BCUT2D eigenvalue weighted by atomic mass is 16.6. The van der Waals surface area contributed by atoms with E-state index in [1.807, 2.05) is 74.5 Å². The zero-order valence-corrected chi connectivity index (χ0v) is 37.3. The summed E-state index contributed by atoms with van der Waals surface area (Å²) in [6, 6.07) is 15.7. The Kier molecular flexibility index (Phi) is 18.0. The summed E-state index contributed by atoms with van der Waals surface area (Å²) in [5, 5.41) is 11.4. The van der Waals surface area contributed by atoms with Crippen LogP contribution in [0, 0.1) is 5.92 Å². The van der Waals surface area contributed by atoms with Crippen LogP contribution in [0.15, 0.2) is 60.7 Å². The average Bonchev–Trinajstić information content (AvgIpc) is 3.99. The Bertz CT molecular complexity index is 1760. The van der Waals surface area contributed by atoms with E-state index in [0.29, 0.717) is 58.5 Å². The monoisotopic (exact) mass is 849 g/mol. The standard InChI is InChI=1S/C46H68N6O9/c1-31(2)27-36(40(54)49-35(42(56)51-23-25-59-26-24-51)21-15-16-22-47-43(57)60-45(3,4)5)50-41(55)37(28-32-17-11-9-12-18-32)48-39(53)30-52(44(58)61-46(6,7)8)38-29-34(38)33-19-13-10-14-20-33/h9-14,17-20,31,34-38H,15-16,21-30H2,1-8H3,(H,47,57)(H,48,53)(H,49,54)(H,50,55)/t34-,35-,36-,37-,38?/m1/s1. The molecule has 5 atom stereocenters. The van der Waals surface area contributed by atoms with Gasteiger partial charge in [-0.2, -0.15) is 0 Å². The van der Waals surface area contributed by atoms with Gasteiger partial charge >= 0.3 is 12.2 Å². The number of ether oxygens (including phenoxy) is 3. The molecule has 2 aliphatic rings. The molecule has 1 aliphatic carbocycles. The van der Waals surface area contributed by atoms with Crippen molar-refractivity contribution >= 4 is 35.8 Å². The number of rotatable bonds is 19. The molecule has 2 aromatic rings. The number of amides is 6. The number of nitrogens with zero attached hydrogens (tertiary/aromatic N) is 2. The summed E-state index contributed by atoms with van der Waals surface area (Å²) in [6.45, 7) is 16.0. The normalized spacial score (nSPS) is 17.9. The summed E-state index contributed by atoms with van der Waals surface area (Å²) in [5.74, 6) is -1.90. The van der Waals surface area contributed by atoms with Gasteiger partial charge in [0.15, 0.2) is 0 Å². The number of carbonyl (C=O) groups is 6. The molecule has 4 N–H and O–H groups in total. The van der Waals surface area contributed by atoms with Crippen LogP contribution >= 0.6 is 0 Å². The molecule has 1 unspecified atom stereocenters. The van der Waals surface area contributed by atoms with Crippen LogP contribution in [-0.2, 0) is 39.8 Å². The van der Waals surface area contributed by atoms with Crippen molar-refractivity contribution in [2.75, 3.05) is 39.4 Å². The van der Waals surface area contributed by atoms with Crippen molar-refractivity contribution in [3.05, 3.63) is 71.8 Å². The number of alkyl carbamates (subject to hydrolysis) is 1. The van der Waals surface area contributed by atoms with Gasteiger partial charge in [-0.05, 0) is 90.7 Å². The largest absolute Gasteiger partial charge is 0.444 e. The second-order valence-corrected chi connectivity index (χ2v) is 18.4. The smallest absolute Gasteiger partial charge is 0.411 e. The maximum Gasteiger partial charge on any atom is 0.411 e. The van der Waals surface area contributed by atoms with E-state index in [1.54, 1.807) is 46.4 Å². The maximum atomic E-state index is 14.3. The average molecular weight is 849 g/mol. The lowest BCUT2D eigenvalue weighted by Crippen LogP contribution is -2.58. The third-order valence-electron chi connectivity index (χ3n) is 10.1. The number of unbranched alkanes of at least 4 members (excludes halogenated alkanes) is 1. The van der Waals surface area contributed by atoms with E-state index in [-0.39, 0.29) is 43.2 Å². The van der Waals surface area contributed by atoms with Gasteiger partial charge in [0.1, 0.15) is 35.9 Å². The molecule has 1 saturated carbocycles. The van der Waals surface area contributed by atoms with Crippen LogP contribution in [0.3, 0.4) is 0 Å². The molecule has 336 valence electrons. The van der Waals surface area contributed by atoms with Crippen molar-refractivity contribution in [2.24, 2.45) is 5.92 Å². The van der Waals surface area contributed by atoms with E-state index < -0.39 is 59.2 Å². The van der Waals surface area contributed by atoms with E-state index in [0.717, 1.165) is 11.1 Å². The predicted octanol–water partition coefficient (Wildman–Crippen LogP) is 5.08. The lowest BCUT2D eigenvalue weighted by atomic mass is 10.00. The van der Waals surface area contributed by atoms with Gasteiger partial charge in [-0.1, -0.05) is 74.5 Å². The Morgan fingerprint density at radius 3 is 1.97 bits per heavy atom. The van der Waals surface area contributed by atoms with Gasteiger partial charge in [-0.3, -0.25) is 24.1 Å². The van der Waals surface area contributed by atoms with Gasteiger partial charge in [-0.15, -0.1) is 0 Å². The van der Waals surface area contributed by atoms with Gasteiger partial charge in [-0.25, -0.2) is 9.59 Å². The number of hydrogen-bond acceptors (Lipinski definition) is 9. The Morgan fingerprint density at radius 2 is 1.36 bits per heavy atom. The minimum absolute atomic E-state index is 0.0240. The molecule has 0 radical (unpaired) electrons. The van der Waals surface area contributed by atoms with Crippen LogP contribution in [0.2, 0.25) is 0 Å². The molecule has 0 bridgehead atoms. The Balaban J connectivity index is 1.49.